The number of nitrogens with zero attached hydrogens (tertiary/aromatic N) is 1. The van der Waals surface area contributed by atoms with Gasteiger partial charge in [0.25, 0.3) is 0 Å². The van der Waals surface area contributed by atoms with Gasteiger partial charge >= 0.3 is 0 Å². The van der Waals surface area contributed by atoms with Crippen LogP contribution in [0.4, 0.5) is 10.1 Å². The van der Waals surface area contributed by atoms with Gasteiger partial charge in [-0.2, -0.15) is 0 Å². The molecule has 7 heteroatoms. The summed E-state index contributed by atoms with van der Waals surface area (Å²) in [6.45, 7) is -0.188. The fourth-order valence-corrected chi connectivity index (χ4v) is 7.14. The number of rotatable bonds is 2. The summed E-state index contributed by atoms with van der Waals surface area (Å²) in [7, 11) is 1.97. The van der Waals surface area contributed by atoms with Crippen LogP contribution in [0, 0.1) is 5.82 Å². The second-order valence-electron chi connectivity index (χ2n) is 9.03. The van der Waals surface area contributed by atoms with Crippen LogP contribution in [0.25, 0.3) is 0 Å². The fraction of sp³-hybridized carbons (Fsp3) is 0.458. The van der Waals surface area contributed by atoms with Crippen molar-refractivity contribution in [1.29, 1.82) is 0 Å². The highest BCUT2D eigenvalue weighted by Gasteiger charge is 2.73. The third-order valence-electron chi connectivity index (χ3n) is 7.96. The third kappa shape index (κ3) is 2.64. The van der Waals surface area contributed by atoms with Gasteiger partial charge < -0.3 is 10.4 Å². The molecule has 2 fully saturated rings. The van der Waals surface area contributed by atoms with Crippen LogP contribution in [0.1, 0.15) is 49.1 Å². The molecular formula is C24H25Cl2FN2O2. The Morgan fingerprint density at radius 3 is 2.65 bits per heavy atom. The number of anilines is 1. The van der Waals surface area contributed by atoms with E-state index >= 15 is 4.39 Å². The lowest BCUT2D eigenvalue weighted by molar-refractivity contribution is -0.125. The number of benzene rings is 2. The van der Waals surface area contributed by atoms with Crippen molar-refractivity contribution >= 4 is 34.8 Å². The van der Waals surface area contributed by atoms with E-state index in [-0.39, 0.29) is 17.5 Å². The molecule has 0 aromatic heterocycles. The average Bonchev–Trinajstić information content (AvgIpc) is 3.16. The summed E-state index contributed by atoms with van der Waals surface area (Å²) < 4.78 is 15.5. The molecule has 2 aromatic carbocycles. The molecule has 2 aromatic rings. The standard InChI is InChI=1S/C24H25Cl2FN2O2/c1-29-19(13-30)20(15-6-5-7-17(26)21(15)27)24(23(29)10-3-2-4-11-23)16-9-8-14(25)12-18(16)28-22(24)31/h5-9,12,19-20,30H,2-4,10-11,13H2,1H3,(H,28,31)/t19-,20?,24+/m0/s1. The number of aliphatic hydroxyl groups is 1. The van der Waals surface area contributed by atoms with Gasteiger partial charge in [-0.15, -0.1) is 0 Å². The highest BCUT2D eigenvalue weighted by molar-refractivity contribution is 6.31. The third-order valence-corrected chi connectivity index (χ3v) is 8.48. The van der Waals surface area contributed by atoms with Crippen molar-refractivity contribution in [3.63, 3.8) is 0 Å². The zero-order valence-electron chi connectivity index (χ0n) is 17.3. The van der Waals surface area contributed by atoms with Gasteiger partial charge in [-0.25, -0.2) is 4.39 Å². The summed E-state index contributed by atoms with van der Waals surface area (Å²) in [5, 5.41) is 14.1. The van der Waals surface area contributed by atoms with Gasteiger partial charge in [0.15, 0.2) is 0 Å². The van der Waals surface area contributed by atoms with Crippen LogP contribution in [0.2, 0.25) is 10.0 Å². The van der Waals surface area contributed by atoms with Gasteiger partial charge in [-0.1, -0.05) is 60.7 Å². The van der Waals surface area contributed by atoms with Gasteiger partial charge in [0.05, 0.1) is 11.6 Å². The largest absolute Gasteiger partial charge is 0.395 e. The number of fused-ring (bicyclic) bond motifs is 3. The number of carbonyl (C=O) groups excluding carboxylic acids is 1. The molecule has 5 rings (SSSR count). The normalized spacial score (nSPS) is 29.5. The van der Waals surface area contributed by atoms with E-state index in [2.05, 4.69) is 10.2 Å². The molecule has 2 spiro atoms. The summed E-state index contributed by atoms with van der Waals surface area (Å²) in [4.78, 5) is 16.2. The van der Waals surface area contributed by atoms with Crippen LogP contribution in [0.5, 0.6) is 0 Å². The molecule has 0 radical (unpaired) electrons. The molecule has 3 aliphatic rings. The Balaban J connectivity index is 1.87. The Labute approximate surface area is 191 Å². The van der Waals surface area contributed by atoms with E-state index in [1.807, 2.05) is 13.1 Å². The molecule has 2 N–H and O–H groups in total. The average molecular weight is 463 g/mol. The molecule has 1 unspecified atom stereocenters. The lowest BCUT2D eigenvalue weighted by Gasteiger charge is -2.50. The van der Waals surface area contributed by atoms with Crippen LogP contribution < -0.4 is 5.32 Å². The Morgan fingerprint density at radius 2 is 1.94 bits per heavy atom. The molecule has 164 valence electrons. The van der Waals surface area contributed by atoms with E-state index in [9.17, 15) is 9.90 Å². The maximum Gasteiger partial charge on any atom is 0.237 e. The number of halogens is 3. The van der Waals surface area contributed by atoms with Crippen LogP contribution >= 0.6 is 23.2 Å². The monoisotopic (exact) mass is 462 g/mol. The summed E-state index contributed by atoms with van der Waals surface area (Å²) in [6, 6.07) is 9.94. The Kier molecular flexibility index (Phi) is 5.09. The second-order valence-corrected chi connectivity index (χ2v) is 9.87. The number of carbonyl (C=O) groups is 1. The van der Waals surface area contributed by atoms with Crippen molar-refractivity contribution in [3.05, 3.63) is 63.4 Å². The van der Waals surface area contributed by atoms with Crippen molar-refractivity contribution in [3.8, 4) is 0 Å². The Morgan fingerprint density at radius 1 is 1.19 bits per heavy atom. The minimum atomic E-state index is -1.05. The summed E-state index contributed by atoms with van der Waals surface area (Å²) in [5.74, 6) is -1.27. The number of aliphatic hydroxyl groups excluding tert-OH is 1. The lowest BCUT2D eigenvalue weighted by atomic mass is 9.55. The molecule has 1 aliphatic carbocycles. The van der Waals surface area contributed by atoms with Crippen LogP contribution in [-0.4, -0.2) is 41.1 Å². The first-order valence-corrected chi connectivity index (χ1v) is 11.5. The van der Waals surface area contributed by atoms with Crippen molar-refractivity contribution in [2.75, 3.05) is 19.0 Å². The van der Waals surface area contributed by atoms with E-state index in [0.717, 1.165) is 37.7 Å². The Hall–Kier alpha value is -1.66. The highest BCUT2D eigenvalue weighted by atomic mass is 35.5. The smallest absolute Gasteiger partial charge is 0.237 e. The molecule has 1 saturated heterocycles. The summed E-state index contributed by atoms with van der Waals surface area (Å²) in [6.07, 6.45) is 4.65. The molecule has 1 saturated carbocycles. The van der Waals surface area contributed by atoms with E-state index in [0.29, 0.717) is 16.3 Å². The second kappa shape index (κ2) is 7.45. The van der Waals surface area contributed by atoms with Gasteiger partial charge in [-0.05, 0) is 49.2 Å². The lowest BCUT2D eigenvalue weighted by Crippen LogP contribution is -2.60. The van der Waals surface area contributed by atoms with Crippen molar-refractivity contribution in [2.45, 2.75) is 55.0 Å². The minimum absolute atomic E-state index is 0.0197. The first-order chi connectivity index (χ1) is 14.9. The molecule has 3 atom stereocenters. The SMILES string of the molecule is CN1[C@@H](CO)C(c2cccc(Cl)c2F)[C@]2(C(=O)Nc3cc(Cl)ccc32)C12CCCCC2. The first kappa shape index (κ1) is 21.2. The number of amides is 1. The maximum absolute atomic E-state index is 15.5. The van der Waals surface area contributed by atoms with E-state index in [1.54, 1.807) is 24.3 Å². The fourth-order valence-electron chi connectivity index (χ4n) is 6.79. The first-order valence-electron chi connectivity index (χ1n) is 10.8. The molecule has 1 amide bonds. The van der Waals surface area contributed by atoms with Crippen LogP contribution in [-0.2, 0) is 10.2 Å². The van der Waals surface area contributed by atoms with Gasteiger partial charge in [0, 0.05) is 28.2 Å². The van der Waals surface area contributed by atoms with Gasteiger partial charge in [-0.3, -0.25) is 9.69 Å². The number of likely N-dealkylation sites (N-methyl/N-ethyl adjacent to an activating group) is 1. The molecule has 2 heterocycles. The minimum Gasteiger partial charge on any atom is -0.395 e. The van der Waals surface area contributed by atoms with E-state index < -0.39 is 28.7 Å². The van der Waals surface area contributed by atoms with E-state index in [1.165, 1.54) is 6.07 Å². The Bertz CT molecular complexity index is 1060. The van der Waals surface area contributed by atoms with Crippen LogP contribution in [0.3, 0.4) is 0 Å². The summed E-state index contributed by atoms with van der Waals surface area (Å²) in [5.41, 5.74) is 0.277. The number of nitrogens with one attached hydrogen (secondary N) is 1. The molecule has 2 aliphatic heterocycles. The maximum atomic E-state index is 15.5. The molecule has 0 bridgehead atoms. The van der Waals surface area contributed by atoms with Crippen molar-refractivity contribution in [1.82, 2.24) is 4.90 Å². The van der Waals surface area contributed by atoms with Crippen molar-refractivity contribution in [2.24, 2.45) is 0 Å². The zero-order chi connectivity index (χ0) is 22.0. The predicted molar refractivity (Wildman–Crippen MR) is 120 cm³/mol. The molecule has 4 nitrogen and oxygen atoms in total. The number of likely N-dealkylation sites (tertiary alicyclic amines) is 1. The van der Waals surface area contributed by atoms with Crippen molar-refractivity contribution < 1.29 is 14.3 Å². The molecule has 31 heavy (non-hydrogen) atoms. The number of hydrogen-bond donors (Lipinski definition) is 2. The van der Waals surface area contributed by atoms with E-state index in [4.69, 9.17) is 23.2 Å². The zero-order valence-corrected chi connectivity index (χ0v) is 18.8. The molecular weight excluding hydrogens is 438 g/mol. The number of hydrogen-bond acceptors (Lipinski definition) is 3. The van der Waals surface area contributed by atoms with Gasteiger partial charge in [0.2, 0.25) is 5.91 Å². The van der Waals surface area contributed by atoms with Gasteiger partial charge in [0.1, 0.15) is 11.2 Å². The quantitative estimate of drug-likeness (QED) is 0.651. The summed E-state index contributed by atoms with van der Waals surface area (Å²) >= 11 is 12.4. The predicted octanol–water partition coefficient (Wildman–Crippen LogP) is 5.12. The van der Waals surface area contributed by atoms with Crippen LogP contribution in [0.15, 0.2) is 36.4 Å². The topological polar surface area (TPSA) is 52.6 Å². The highest BCUT2D eigenvalue weighted by Crippen LogP contribution is 2.65.